The maximum Gasteiger partial charge on any atom is 0.0663 e. The van der Waals surface area contributed by atoms with Crippen LogP contribution in [-0.2, 0) is 0 Å². The Balaban J connectivity index is 5.24. The van der Waals surface area contributed by atoms with E-state index in [2.05, 4.69) is 40.3 Å². The van der Waals surface area contributed by atoms with Crippen molar-refractivity contribution in [1.82, 2.24) is 0 Å². The minimum absolute atomic E-state index is 0.412. The summed E-state index contributed by atoms with van der Waals surface area (Å²) >= 11 is 0. The first-order valence-corrected chi connectivity index (χ1v) is 6.59. The number of nitrogens with zero attached hydrogens (tertiary/aromatic N) is 1. The van der Waals surface area contributed by atoms with Gasteiger partial charge in [0.2, 0.25) is 0 Å². The summed E-state index contributed by atoms with van der Waals surface area (Å²) in [7, 11) is 0. The maximum absolute atomic E-state index is 8.70. The summed E-state index contributed by atoms with van der Waals surface area (Å²) in [5, 5.41) is 8.70. The lowest BCUT2D eigenvalue weighted by molar-refractivity contribution is 0.631. The Morgan fingerprint density at radius 2 is 1.78 bits per heavy atom. The van der Waals surface area contributed by atoms with E-state index in [1.807, 2.05) is 12.2 Å². The van der Waals surface area contributed by atoms with Crippen molar-refractivity contribution >= 4 is 0 Å². The van der Waals surface area contributed by atoms with Crippen LogP contribution in [-0.4, -0.2) is 0 Å². The van der Waals surface area contributed by atoms with Gasteiger partial charge in [-0.15, -0.1) is 0 Å². The van der Waals surface area contributed by atoms with Gasteiger partial charge in [0.05, 0.1) is 12.5 Å². The normalized spacial score (nSPS) is 13.5. The van der Waals surface area contributed by atoms with Crippen LogP contribution in [0.4, 0.5) is 0 Å². The van der Waals surface area contributed by atoms with Crippen LogP contribution in [0.1, 0.15) is 47.0 Å². The minimum atomic E-state index is 0.412. The predicted molar refractivity (Wildman–Crippen MR) is 78.6 cm³/mol. The number of rotatable bonds is 7. The predicted octanol–water partition coefficient (Wildman–Crippen LogP) is 4.32. The third kappa shape index (κ3) is 6.30. The fourth-order valence-corrected chi connectivity index (χ4v) is 1.86. The highest BCUT2D eigenvalue weighted by atomic mass is 14.6. The Hall–Kier alpha value is -1.49. The molecule has 0 radical (unpaired) electrons. The Labute approximate surface area is 112 Å². The second-order valence-electron chi connectivity index (χ2n) is 5.43. The standard InChI is InChI=1S/C16H26N2/c1-6-14(10-12(2)3)16(18)15(8-7-9-17)11-13(4)5/h6,8,12-13H,1,7,10-11,18H2,2-5H3/b15-8-,16-14-. The van der Waals surface area contributed by atoms with Crippen LogP contribution in [0.2, 0.25) is 0 Å². The lowest BCUT2D eigenvalue weighted by Gasteiger charge is -2.15. The van der Waals surface area contributed by atoms with Crippen molar-refractivity contribution in [3.05, 3.63) is 35.6 Å². The van der Waals surface area contributed by atoms with E-state index >= 15 is 0 Å². The third-order valence-corrected chi connectivity index (χ3v) is 2.63. The van der Waals surface area contributed by atoms with E-state index in [0.717, 1.165) is 29.7 Å². The van der Waals surface area contributed by atoms with Crippen molar-refractivity contribution in [2.75, 3.05) is 0 Å². The first kappa shape index (κ1) is 16.5. The van der Waals surface area contributed by atoms with Crippen LogP contribution in [0.3, 0.4) is 0 Å². The molecule has 0 rings (SSSR count). The SMILES string of the molecule is C=C/C(CC(C)C)=C(N)\C(=C/CC#N)CC(C)C. The number of allylic oxidation sites excluding steroid dienone is 4. The van der Waals surface area contributed by atoms with Crippen molar-refractivity contribution < 1.29 is 0 Å². The molecule has 2 nitrogen and oxygen atoms in total. The molecular weight excluding hydrogens is 220 g/mol. The molecule has 0 bridgehead atoms. The highest BCUT2D eigenvalue weighted by Crippen LogP contribution is 2.23. The molecule has 100 valence electrons. The summed E-state index contributed by atoms with van der Waals surface area (Å²) in [4.78, 5) is 0. The first-order valence-electron chi connectivity index (χ1n) is 6.59. The van der Waals surface area contributed by atoms with Crippen LogP contribution < -0.4 is 5.73 Å². The highest BCUT2D eigenvalue weighted by molar-refractivity contribution is 5.38. The average Bonchev–Trinajstić information content (AvgIpc) is 2.29. The zero-order valence-corrected chi connectivity index (χ0v) is 12.2. The van der Waals surface area contributed by atoms with Crippen molar-refractivity contribution in [2.45, 2.75) is 47.0 Å². The maximum atomic E-state index is 8.70. The van der Waals surface area contributed by atoms with Crippen molar-refractivity contribution in [1.29, 1.82) is 5.26 Å². The topological polar surface area (TPSA) is 49.8 Å². The largest absolute Gasteiger partial charge is 0.398 e. The molecule has 0 amide bonds. The van der Waals surface area contributed by atoms with Crippen LogP contribution >= 0.6 is 0 Å². The Morgan fingerprint density at radius 1 is 1.22 bits per heavy atom. The van der Waals surface area contributed by atoms with Crippen molar-refractivity contribution in [2.24, 2.45) is 17.6 Å². The van der Waals surface area contributed by atoms with Crippen LogP contribution in [0.15, 0.2) is 35.6 Å². The van der Waals surface area contributed by atoms with E-state index in [0.29, 0.717) is 18.3 Å². The summed E-state index contributed by atoms with van der Waals surface area (Å²) in [5.41, 5.74) is 9.23. The van der Waals surface area contributed by atoms with E-state index in [1.54, 1.807) is 0 Å². The lowest BCUT2D eigenvalue weighted by atomic mass is 9.93. The first-order chi connectivity index (χ1) is 8.42. The third-order valence-electron chi connectivity index (χ3n) is 2.63. The molecule has 0 saturated carbocycles. The van der Waals surface area contributed by atoms with Crippen LogP contribution in [0, 0.1) is 23.2 Å². The monoisotopic (exact) mass is 246 g/mol. The zero-order valence-electron chi connectivity index (χ0n) is 12.2. The van der Waals surface area contributed by atoms with E-state index < -0.39 is 0 Å². The summed E-state index contributed by atoms with van der Waals surface area (Å²) in [6, 6.07) is 2.14. The number of hydrogen-bond donors (Lipinski definition) is 1. The highest BCUT2D eigenvalue weighted by Gasteiger charge is 2.09. The van der Waals surface area contributed by atoms with Gasteiger partial charge in [-0.3, -0.25) is 0 Å². The smallest absolute Gasteiger partial charge is 0.0663 e. The van der Waals surface area contributed by atoms with Gasteiger partial charge in [-0.1, -0.05) is 46.4 Å². The molecule has 0 spiro atoms. The van der Waals surface area contributed by atoms with Gasteiger partial charge in [-0.2, -0.15) is 5.26 Å². The molecule has 0 aromatic carbocycles. The van der Waals surface area contributed by atoms with Crippen molar-refractivity contribution in [3.8, 4) is 6.07 Å². The summed E-state index contributed by atoms with van der Waals surface area (Å²) in [6.07, 6.45) is 6.03. The molecule has 0 aliphatic rings. The fraction of sp³-hybridized carbons (Fsp3) is 0.562. The quantitative estimate of drug-likeness (QED) is 0.680. The fourth-order valence-electron chi connectivity index (χ4n) is 1.86. The number of hydrogen-bond acceptors (Lipinski definition) is 2. The summed E-state index contributed by atoms with van der Waals surface area (Å²) < 4.78 is 0. The number of nitriles is 1. The second-order valence-corrected chi connectivity index (χ2v) is 5.43. The Kier molecular flexibility index (Phi) is 7.87. The Bertz CT molecular complexity index is 365. The van der Waals surface area contributed by atoms with Crippen LogP contribution in [0.5, 0.6) is 0 Å². The molecule has 0 unspecified atom stereocenters. The molecule has 18 heavy (non-hydrogen) atoms. The summed E-state index contributed by atoms with van der Waals surface area (Å²) in [6.45, 7) is 12.5. The Morgan fingerprint density at radius 3 is 2.17 bits per heavy atom. The van der Waals surface area contributed by atoms with Gasteiger partial charge >= 0.3 is 0 Å². The molecule has 0 saturated heterocycles. The van der Waals surface area contributed by atoms with Gasteiger partial charge in [0.25, 0.3) is 0 Å². The molecule has 2 heteroatoms. The molecular formula is C16H26N2. The van der Waals surface area contributed by atoms with E-state index in [4.69, 9.17) is 11.0 Å². The minimum Gasteiger partial charge on any atom is -0.398 e. The van der Waals surface area contributed by atoms with E-state index in [-0.39, 0.29) is 0 Å². The van der Waals surface area contributed by atoms with Gasteiger partial charge < -0.3 is 5.73 Å². The van der Waals surface area contributed by atoms with Gasteiger partial charge in [0.1, 0.15) is 0 Å². The molecule has 2 N–H and O–H groups in total. The molecule has 0 aliphatic carbocycles. The number of nitrogens with two attached hydrogens (primary N) is 1. The van der Waals surface area contributed by atoms with E-state index in [9.17, 15) is 0 Å². The molecule has 0 aromatic rings. The van der Waals surface area contributed by atoms with Gasteiger partial charge in [-0.05, 0) is 35.8 Å². The van der Waals surface area contributed by atoms with Gasteiger partial charge in [0.15, 0.2) is 0 Å². The van der Waals surface area contributed by atoms with Crippen molar-refractivity contribution in [3.63, 3.8) is 0 Å². The second kappa shape index (κ2) is 8.58. The van der Waals surface area contributed by atoms with E-state index in [1.165, 1.54) is 0 Å². The van der Waals surface area contributed by atoms with Gasteiger partial charge in [0, 0.05) is 5.70 Å². The average molecular weight is 246 g/mol. The lowest BCUT2D eigenvalue weighted by Crippen LogP contribution is -2.09. The van der Waals surface area contributed by atoms with Crippen LogP contribution in [0.25, 0.3) is 0 Å². The molecule has 0 fully saturated rings. The molecule has 0 aromatic heterocycles. The molecule has 0 heterocycles. The summed E-state index contributed by atoms with van der Waals surface area (Å²) in [5.74, 6) is 1.08. The molecule has 0 aliphatic heterocycles. The molecule has 0 atom stereocenters. The zero-order chi connectivity index (χ0) is 14.1. The van der Waals surface area contributed by atoms with Gasteiger partial charge in [-0.25, -0.2) is 0 Å².